The predicted molar refractivity (Wildman–Crippen MR) is 147 cm³/mol. The van der Waals surface area contributed by atoms with Gasteiger partial charge in [0.05, 0.1) is 30.2 Å². The summed E-state index contributed by atoms with van der Waals surface area (Å²) in [7, 11) is 0. The van der Waals surface area contributed by atoms with Crippen molar-refractivity contribution in [2.75, 3.05) is 18.0 Å². The summed E-state index contributed by atoms with van der Waals surface area (Å²) >= 11 is 0. The Morgan fingerprint density at radius 2 is 1.43 bits per heavy atom. The summed E-state index contributed by atoms with van der Waals surface area (Å²) in [6, 6.07) is 17.6. The number of aromatic nitrogens is 4. The van der Waals surface area contributed by atoms with Crippen LogP contribution in [0.2, 0.25) is 0 Å². The lowest BCUT2D eigenvalue weighted by atomic mass is 9.78. The second-order valence-electron chi connectivity index (χ2n) is 11.0. The zero-order chi connectivity index (χ0) is 31.2. The monoisotopic (exact) mass is 615 g/mol. The molecule has 0 bridgehead atoms. The van der Waals surface area contributed by atoms with Gasteiger partial charge < -0.3 is 10.0 Å². The van der Waals surface area contributed by atoms with Gasteiger partial charge in [0.15, 0.2) is 11.5 Å². The molecule has 1 fully saturated rings. The number of aliphatic hydroxyl groups is 1. The lowest BCUT2D eigenvalue weighted by Gasteiger charge is -2.34. The molecule has 1 aliphatic heterocycles. The molecule has 2 aliphatic rings. The summed E-state index contributed by atoms with van der Waals surface area (Å²) < 4.78 is 84.1. The smallest absolute Gasteiger partial charge is 0.384 e. The van der Waals surface area contributed by atoms with Crippen LogP contribution >= 0.6 is 0 Å². The number of hydrogen-bond acceptors (Lipinski definition) is 6. The molecule has 0 radical (unpaired) electrons. The summed E-state index contributed by atoms with van der Waals surface area (Å²) in [6.07, 6.45) is -9.89. The van der Waals surface area contributed by atoms with E-state index in [1.54, 1.807) is 4.90 Å². The highest BCUT2D eigenvalue weighted by atomic mass is 19.4. The Morgan fingerprint density at radius 3 is 1.93 bits per heavy atom. The van der Waals surface area contributed by atoms with Crippen LogP contribution in [0.5, 0.6) is 0 Å². The molecule has 7 nitrogen and oxygen atoms in total. The first-order valence-corrected chi connectivity index (χ1v) is 14.1. The van der Waals surface area contributed by atoms with E-state index < -0.39 is 54.2 Å². The molecule has 1 saturated heterocycles. The van der Waals surface area contributed by atoms with Crippen molar-refractivity contribution in [3.05, 3.63) is 107 Å². The van der Waals surface area contributed by atoms with Crippen molar-refractivity contribution in [2.24, 2.45) is 0 Å². The minimum Gasteiger partial charge on any atom is -0.384 e. The topological polar surface area (TPSA) is 84.1 Å². The van der Waals surface area contributed by atoms with Crippen molar-refractivity contribution in [2.45, 2.75) is 55.6 Å². The fourth-order valence-electron chi connectivity index (χ4n) is 6.25. The van der Waals surface area contributed by atoms with Gasteiger partial charge in [0.2, 0.25) is 0 Å². The number of nitrogens with zero attached hydrogens (tertiary/aromatic N) is 5. The van der Waals surface area contributed by atoms with E-state index >= 15 is 0 Å². The van der Waals surface area contributed by atoms with Gasteiger partial charge >= 0.3 is 12.4 Å². The van der Waals surface area contributed by atoms with E-state index in [0.717, 1.165) is 17.3 Å². The maximum atomic E-state index is 14.6. The van der Waals surface area contributed by atoms with Gasteiger partial charge in [-0.15, -0.1) is 0 Å². The number of ketones is 1. The van der Waals surface area contributed by atoms with Crippen LogP contribution in [0.3, 0.4) is 0 Å². The summed E-state index contributed by atoms with van der Waals surface area (Å²) in [4.78, 5) is 21.9. The van der Waals surface area contributed by atoms with Gasteiger partial charge in [0.1, 0.15) is 23.9 Å². The van der Waals surface area contributed by atoms with Gasteiger partial charge in [0.25, 0.3) is 0 Å². The summed E-state index contributed by atoms with van der Waals surface area (Å²) in [5.41, 5.74) is 0.511. The van der Waals surface area contributed by atoms with Gasteiger partial charge in [-0.25, -0.2) is 9.97 Å². The second-order valence-corrected chi connectivity index (χ2v) is 11.0. The van der Waals surface area contributed by atoms with E-state index in [4.69, 9.17) is 5.10 Å². The number of carbonyl (C=O) groups excluding carboxylic acids is 1. The zero-order valence-corrected chi connectivity index (χ0v) is 23.1. The first-order valence-electron chi connectivity index (χ1n) is 14.1. The van der Waals surface area contributed by atoms with Crippen molar-refractivity contribution >= 4 is 11.6 Å². The predicted octanol–water partition coefficient (Wildman–Crippen LogP) is 5.85. The van der Waals surface area contributed by atoms with Crippen molar-refractivity contribution in [1.82, 2.24) is 19.7 Å². The Hall–Kier alpha value is -4.26. The van der Waals surface area contributed by atoms with Crippen molar-refractivity contribution < 1.29 is 36.2 Å². The molecule has 2 atom stereocenters. The standard InChI is InChI=1S/C31H27F6N5O2/c32-30(33,34)23-16-39-24(17-38-23)41-13-11-18(12-14-41)27-25-21(15-22(43)29(44)26(25)31(35,36)37)42(40-27)28(19-7-3-1-4-8-19)20-9-5-2-6-10-20/h1-10,16-18,26,28-29,44H,11-15H2/t26-,29-/m1/s1. The molecule has 4 aromatic rings. The van der Waals surface area contributed by atoms with Crippen LogP contribution in [-0.2, 0) is 17.4 Å². The number of piperidine rings is 1. The molecule has 44 heavy (non-hydrogen) atoms. The molecule has 1 aliphatic carbocycles. The van der Waals surface area contributed by atoms with E-state index in [9.17, 15) is 36.2 Å². The Balaban J connectivity index is 1.42. The molecule has 0 saturated carbocycles. The molecule has 1 N–H and O–H groups in total. The lowest BCUT2D eigenvalue weighted by Crippen LogP contribution is -2.43. The van der Waals surface area contributed by atoms with Gasteiger partial charge in [-0.1, -0.05) is 60.7 Å². The van der Waals surface area contributed by atoms with Gasteiger partial charge in [-0.3, -0.25) is 9.48 Å². The van der Waals surface area contributed by atoms with Crippen LogP contribution in [0.15, 0.2) is 73.1 Å². The zero-order valence-electron chi connectivity index (χ0n) is 23.1. The van der Waals surface area contributed by atoms with E-state index in [0.29, 0.717) is 19.0 Å². The van der Waals surface area contributed by atoms with E-state index in [1.807, 2.05) is 60.7 Å². The van der Waals surface area contributed by atoms with Crippen LogP contribution < -0.4 is 4.90 Å². The SMILES string of the molecule is O=C1Cc2c(c(C3CCN(c4cnc(C(F)(F)F)cn4)CC3)nn2C(c2ccccc2)c2ccccc2)[C@@H](C(F)(F)F)[C@@H]1O. The quantitative estimate of drug-likeness (QED) is 0.284. The molecule has 2 aromatic heterocycles. The maximum Gasteiger partial charge on any atom is 0.434 e. The molecule has 230 valence electrons. The number of halogens is 6. The Labute approximate surface area is 248 Å². The number of Topliss-reactive ketones (excluding diaryl/α,β-unsaturated/α-hetero) is 1. The number of hydrogen-bond donors (Lipinski definition) is 1. The molecule has 0 amide bonds. The second kappa shape index (κ2) is 11.3. The van der Waals surface area contributed by atoms with Crippen molar-refractivity contribution in [1.29, 1.82) is 0 Å². The maximum absolute atomic E-state index is 14.6. The molecular formula is C31H27F6N5O2. The highest BCUT2D eigenvalue weighted by Crippen LogP contribution is 2.48. The molecule has 6 rings (SSSR count). The average Bonchev–Trinajstić information content (AvgIpc) is 3.35. The lowest BCUT2D eigenvalue weighted by molar-refractivity contribution is -0.179. The Bertz CT molecular complexity index is 1580. The van der Waals surface area contributed by atoms with Gasteiger partial charge in [-0.05, 0) is 24.0 Å². The van der Waals surface area contributed by atoms with Crippen LogP contribution in [-0.4, -0.2) is 56.0 Å². The van der Waals surface area contributed by atoms with Crippen molar-refractivity contribution in [3.63, 3.8) is 0 Å². The number of aliphatic hydroxyl groups excluding tert-OH is 1. The van der Waals surface area contributed by atoms with Crippen LogP contribution in [0.25, 0.3) is 0 Å². The van der Waals surface area contributed by atoms with Crippen LogP contribution in [0, 0.1) is 0 Å². The fourth-order valence-corrected chi connectivity index (χ4v) is 6.25. The summed E-state index contributed by atoms with van der Waals surface area (Å²) in [5, 5.41) is 15.4. The number of anilines is 1. The minimum absolute atomic E-state index is 0.117. The third-order valence-electron chi connectivity index (χ3n) is 8.34. The van der Waals surface area contributed by atoms with Gasteiger partial charge in [-0.2, -0.15) is 31.4 Å². The van der Waals surface area contributed by atoms with Crippen LogP contribution in [0.4, 0.5) is 32.2 Å². The highest BCUT2D eigenvalue weighted by Gasteiger charge is 2.54. The number of alkyl halides is 6. The molecular weight excluding hydrogens is 588 g/mol. The first-order chi connectivity index (χ1) is 20.9. The first kappa shape index (κ1) is 29.8. The normalized spacial score (nSPS) is 19.8. The molecule has 0 spiro atoms. The van der Waals surface area contributed by atoms with Gasteiger partial charge in [0, 0.05) is 24.6 Å². The van der Waals surface area contributed by atoms with E-state index in [1.165, 1.54) is 4.68 Å². The van der Waals surface area contributed by atoms with Crippen LogP contribution in [0.1, 0.15) is 64.5 Å². The minimum atomic E-state index is -4.92. The largest absolute Gasteiger partial charge is 0.434 e. The van der Waals surface area contributed by atoms with E-state index in [2.05, 4.69) is 9.97 Å². The number of carbonyl (C=O) groups is 1. The molecule has 2 aromatic carbocycles. The molecule has 13 heteroatoms. The third kappa shape index (κ3) is 5.56. The van der Waals surface area contributed by atoms with Crippen molar-refractivity contribution in [3.8, 4) is 0 Å². The third-order valence-corrected chi connectivity index (χ3v) is 8.34. The summed E-state index contributed by atoms with van der Waals surface area (Å²) in [5.74, 6) is -3.61. The molecule has 0 unspecified atom stereocenters. The number of fused-ring (bicyclic) bond motifs is 1. The highest BCUT2D eigenvalue weighted by molar-refractivity contribution is 5.88. The molecule has 3 heterocycles. The Morgan fingerprint density at radius 1 is 0.841 bits per heavy atom. The number of benzene rings is 2. The Kier molecular flexibility index (Phi) is 7.68. The average molecular weight is 616 g/mol. The number of rotatable bonds is 5. The summed E-state index contributed by atoms with van der Waals surface area (Å²) in [6.45, 7) is 0.566. The van der Waals surface area contributed by atoms with E-state index in [-0.39, 0.29) is 35.9 Å². The fraction of sp³-hybridized carbons (Fsp3) is 0.355.